The van der Waals surface area contributed by atoms with Gasteiger partial charge in [-0.25, -0.2) is 4.39 Å². The predicted octanol–water partition coefficient (Wildman–Crippen LogP) is 4.26. The van der Waals surface area contributed by atoms with E-state index in [-0.39, 0.29) is 11.6 Å². The van der Waals surface area contributed by atoms with E-state index in [0.717, 1.165) is 16.8 Å². The maximum Gasteiger partial charge on any atom is 0.148 e. The lowest BCUT2D eigenvalue weighted by Crippen LogP contribution is -2.01. The number of halogens is 2. The number of benzene rings is 2. The van der Waals surface area contributed by atoms with Gasteiger partial charge in [0.1, 0.15) is 18.2 Å². The summed E-state index contributed by atoms with van der Waals surface area (Å²) in [6.07, 6.45) is 0. The molecular formula is C15H15ClFNO. The van der Waals surface area contributed by atoms with Crippen LogP contribution >= 0.6 is 11.6 Å². The van der Waals surface area contributed by atoms with E-state index in [9.17, 15) is 4.39 Å². The van der Waals surface area contributed by atoms with Crippen LogP contribution in [0.25, 0.3) is 0 Å². The number of hydrogen-bond donors (Lipinski definition) is 1. The van der Waals surface area contributed by atoms with Crippen LogP contribution in [0, 0.1) is 19.7 Å². The van der Waals surface area contributed by atoms with Crippen LogP contribution in [-0.4, -0.2) is 0 Å². The molecule has 0 aliphatic rings. The van der Waals surface area contributed by atoms with Gasteiger partial charge >= 0.3 is 0 Å². The van der Waals surface area contributed by atoms with E-state index in [1.54, 1.807) is 12.1 Å². The Balaban J connectivity index is 2.19. The van der Waals surface area contributed by atoms with Crippen molar-refractivity contribution in [3.8, 4) is 5.75 Å². The Labute approximate surface area is 117 Å². The van der Waals surface area contributed by atoms with Gasteiger partial charge in [0.15, 0.2) is 0 Å². The van der Waals surface area contributed by atoms with Gasteiger partial charge in [0.05, 0.1) is 5.02 Å². The highest BCUT2D eigenvalue weighted by Crippen LogP contribution is 2.26. The minimum Gasteiger partial charge on any atom is -0.489 e. The molecule has 2 N–H and O–H groups in total. The maximum atomic E-state index is 13.7. The van der Waals surface area contributed by atoms with Gasteiger partial charge in [-0.1, -0.05) is 23.7 Å². The fraction of sp³-hybridized carbons (Fsp3) is 0.200. The molecule has 2 aromatic carbocycles. The van der Waals surface area contributed by atoms with Crippen molar-refractivity contribution >= 4 is 17.3 Å². The first-order chi connectivity index (χ1) is 8.99. The molecular weight excluding hydrogens is 265 g/mol. The van der Waals surface area contributed by atoms with Crippen LogP contribution in [0.3, 0.4) is 0 Å². The van der Waals surface area contributed by atoms with Gasteiger partial charge in [0.25, 0.3) is 0 Å². The van der Waals surface area contributed by atoms with Gasteiger partial charge in [-0.05, 0) is 43.2 Å². The molecule has 2 aromatic rings. The molecule has 0 amide bonds. The molecule has 2 rings (SSSR count). The van der Waals surface area contributed by atoms with E-state index < -0.39 is 5.82 Å². The monoisotopic (exact) mass is 279 g/mol. The van der Waals surface area contributed by atoms with Gasteiger partial charge in [-0.2, -0.15) is 0 Å². The van der Waals surface area contributed by atoms with Crippen molar-refractivity contribution in [2.24, 2.45) is 0 Å². The van der Waals surface area contributed by atoms with Crippen molar-refractivity contribution in [2.45, 2.75) is 20.5 Å². The van der Waals surface area contributed by atoms with Crippen molar-refractivity contribution in [1.82, 2.24) is 0 Å². The largest absolute Gasteiger partial charge is 0.489 e. The molecule has 0 aliphatic heterocycles. The lowest BCUT2D eigenvalue weighted by Gasteiger charge is -2.12. The fourth-order valence-electron chi connectivity index (χ4n) is 1.78. The summed E-state index contributed by atoms with van der Waals surface area (Å²) in [5.41, 5.74) is 8.82. The molecule has 100 valence electrons. The van der Waals surface area contributed by atoms with E-state index in [4.69, 9.17) is 22.1 Å². The van der Waals surface area contributed by atoms with Crippen LogP contribution in [0.1, 0.15) is 16.7 Å². The normalized spacial score (nSPS) is 10.5. The van der Waals surface area contributed by atoms with Gasteiger partial charge in [-0.15, -0.1) is 0 Å². The third kappa shape index (κ3) is 2.99. The van der Waals surface area contributed by atoms with Crippen molar-refractivity contribution in [3.63, 3.8) is 0 Å². The van der Waals surface area contributed by atoms with E-state index in [2.05, 4.69) is 0 Å². The minimum absolute atomic E-state index is 0.103. The molecule has 0 saturated heterocycles. The number of aryl methyl sites for hydroxylation is 2. The SMILES string of the molecule is Cc1cc(OCc2cccc(Cl)c2F)c(C)cc1N. The molecule has 0 saturated carbocycles. The number of nitrogens with two attached hydrogens (primary N) is 1. The molecule has 4 heteroatoms. The van der Waals surface area contributed by atoms with Crippen LogP contribution in [-0.2, 0) is 6.61 Å². The second-order valence-corrected chi connectivity index (χ2v) is 4.88. The number of ether oxygens (including phenoxy) is 1. The van der Waals surface area contributed by atoms with E-state index >= 15 is 0 Å². The highest BCUT2D eigenvalue weighted by molar-refractivity contribution is 6.30. The molecule has 0 spiro atoms. The Kier molecular flexibility index (Phi) is 3.96. The van der Waals surface area contributed by atoms with Crippen LogP contribution in [0.4, 0.5) is 10.1 Å². The first-order valence-electron chi connectivity index (χ1n) is 5.91. The van der Waals surface area contributed by atoms with E-state index in [1.165, 1.54) is 6.07 Å². The molecule has 0 bridgehead atoms. The van der Waals surface area contributed by atoms with Gasteiger partial charge in [-0.3, -0.25) is 0 Å². The fourth-order valence-corrected chi connectivity index (χ4v) is 1.98. The maximum absolute atomic E-state index is 13.7. The zero-order chi connectivity index (χ0) is 14.0. The van der Waals surface area contributed by atoms with Crippen molar-refractivity contribution in [1.29, 1.82) is 0 Å². The number of anilines is 1. The molecule has 19 heavy (non-hydrogen) atoms. The number of hydrogen-bond acceptors (Lipinski definition) is 2. The predicted molar refractivity (Wildman–Crippen MR) is 76.1 cm³/mol. The summed E-state index contributed by atoms with van der Waals surface area (Å²) < 4.78 is 19.4. The number of nitrogen functional groups attached to an aromatic ring is 1. The summed E-state index contributed by atoms with van der Waals surface area (Å²) in [5, 5.41) is 0.103. The zero-order valence-electron chi connectivity index (χ0n) is 10.8. The Hall–Kier alpha value is -1.74. The Morgan fingerprint density at radius 2 is 1.95 bits per heavy atom. The van der Waals surface area contributed by atoms with Crippen molar-refractivity contribution in [2.75, 3.05) is 5.73 Å². The summed E-state index contributed by atoms with van der Waals surface area (Å²) in [6.45, 7) is 3.94. The van der Waals surface area contributed by atoms with Crippen LogP contribution < -0.4 is 10.5 Å². The number of rotatable bonds is 3. The second-order valence-electron chi connectivity index (χ2n) is 4.48. The standard InChI is InChI=1S/C15H15ClFNO/c1-9-7-14(10(2)6-13(9)18)19-8-11-4-3-5-12(16)15(11)17/h3-7H,8,18H2,1-2H3. The molecule has 0 unspecified atom stereocenters. The Morgan fingerprint density at radius 1 is 1.21 bits per heavy atom. The summed E-state index contributed by atoms with van der Waals surface area (Å²) >= 11 is 5.73. The minimum atomic E-state index is -0.436. The summed E-state index contributed by atoms with van der Waals surface area (Å²) in [5.74, 6) is 0.264. The molecule has 0 heterocycles. The topological polar surface area (TPSA) is 35.2 Å². The molecule has 0 fully saturated rings. The lowest BCUT2D eigenvalue weighted by molar-refractivity contribution is 0.297. The smallest absolute Gasteiger partial charge is 0.148 e. The average molecular weight is 280 g/mol. The first-order valence-corrected chi connectivity index (χ1v) is 6.29. The quantitative estimate of drug-likeness (QED) is 0.852. The van der Waals surface area contributed by atoms with E-state index in [1.807, 2.05) is 26.0 Å². The van der Waals surface area contributed by atoms with Gasteiger partial charge < -0.3 is 10.5 Å². The third-order valence-corrected chi connectivity index (χ3v) is 3.27. The average Bonchev–Trinajstić information content (AvgIpc) is 2.37. The highest BCUT2D eigenvalue weighted by Gasteiger charge is 2.08. The summed E-state index contributed by atoms with van der Waals surface area (Å²) in [6, 6.07) is 8.57. The first kappa shape index (κ1) is 13.7. The van der Waals surface area contributed by atoms with Crippen molar-refractivity contribution < 1.29 is 9.13 Å². The van der Waals surface area contributed by atoms with Gasteiger partial charge in [0, 0.05) is 11.3 Å². The summed E-state index contributed by atoms with van der Waals surface area (Å²) in [4.78, 5) is 0. The molecule has 0 aromatic heterocycles. The molecule has 0 aliphatic carbocycles. The van der Waals surface area contributed by atoms with E-state index in [0.29, 0.717) is 11.3 Å². The lowest BCUT2D eigenvalue weighted by atomic mass is 10.1. The molecule has 2 nitrogen and oxygen atoms in total. The Morgan fingerprint density at radius 3 is 2.68 bits per heavy atom. The molecule has 0 radical (unpaired) electrons. The molecule has 0 atom stereocenters. The summed E-state index contributed by atoms with van der Waals surface area (Å²) in [7, 11) is 0. The Bertz CT molecular complexity index is 613. The van der Waals surface area contributed by atoms with Crippen LogP contribution in [0.2, 0.25) is 5.02 Å². The van der Waals surface area contributed by atoms with Crippen molar-refractivity contribution in [3.05, 3.63) is 57.9 Å². The van der Waals surface area contributed by atoms with Gasteiger partial charge in [0.2, 0.25) is 0 Å². The van der Waals surface area contributed by atoms with Crippen LogP contribution in [0.5, 0.6) is 5.75 Å². The highest BCUT2D eigenvalue weighted by atomic mass is 35.5. The second kappa shape index (κ2) is 5.49. The third-order valence-electron chi connectivity index (χ3n) is 2.98. The van der Waals surface area contributed by atoms with Crippen LogP contribution in [0.15, 0.2) is 30.3 Å². The zero-order valence-corrected chi connectivity index (χ0v) is 11.6.